The van der Waals surface area contributed by atoms with Crippen LogP contribution in [0.3, 0.4) is 0 Å². The van der Waals surface area contributed by atoms with Crippen molar-refractivity contribution in [1.29, 1.82) is 0 Å². The summed E-state index contributed by atoms with van der Waals surface area (Å²) in [6.45, 7) is 4.86. The highest BCUT2D eigenvalue weighted by Gasteiger charge is 2.36. The third-order valence-corrected chi connectivity index (χ3v) is 7.29. The molecule has 5 amide bonds. The second-order valence-electron chi connectivity index (χ2n) is 10.9. The molecular formula is C26H45N5O8. The van der Waals surface area contributed by atoms with E-state index < -0.39 is 47.8 Å². The molecule has 0 aromatic heterocycles. The predicted octanol–water partition coefficient (Wildman–Crippen LogP) is 0.387. The van der Waals surface area contributed by atoms with Crippen LogP contribution in [0.2, 0.25) is 0 Å². The van der Waals surface area contributed by atoms with Gasteiger partial charge in [-0.2, -0.15) is 0 Å². The second kappa shape index (κ2) is 16.2. The van der Waals surface area contributed by atoms with Crippen LogP contribution < -0.4 is 16.1 Å². The fourth-order valence-electron chi connectivity index (χ4n) is 4.98. The van der Waals surface area contributed by atoms with E-state index in [4.69, 9.17) is 4.74 Å². The lowest BCUT2D eigenvalue weighted by atomic mass is 9.81. The Balaban J connectivity index is 2.19. The zero-order valence-electron chi connectivity index (χ0n) is 23.3. The molecule has 0 unspecified atom stereocenters. The number of carbonyl (C=O) groups is 5. The number of hydrogen-bond acceptors (Lipinski definition) is 8. The molecule has 2 saturated heterocycles. The number of aliphatic hydroxyl groups excluding tert-OH is 1. The van der Waals surface area contributed by atoms with Gasteiger partial charge in [0.05, 0.1) is 25.2 Å². The molecule has 222 valence electrons. The number of aliphatic hydroxyl groups is 1. The molecule has 0 spiro atoms. The van der Waals surface area contributed by atoms with Gasteiger partial charge in [0.15, 0.2) is 0 Å². The van der Waals surface area contributed by atoms with E-state index in [1.54, 1.807) is 17.4 Å². The van der Waals surface area contributed by atoms with Gasteiger partial charge in [0.1, 0.15) is 6.04 Å². The summed E-state index contributed by atoms with van der Waals surface area (Å²) in [4.78, 5) is 67.1. The topological polar surface area (TPSA) is 178 Å². The van der Waals surface area contributed by atoms with Crippen LogP contribution in [0.5, 0.6) is 0 Å². The van der Waals surface area contributed by atoms with E-state index in [2.05, 4.69) is 10.6 Å². The van der Waals surface area contributed by atoms with Crippen molar-refractivity contribution in [3.05, 3.63) is 0 Å². The molecular weight excluding hydrogens is 510 g/mol. The number of rotatable bonds is 6. The number of hydroxylamine groups is 1. The van der Waals surface area contributed by atoms with E-state index in [9.17, 15) is 34.3 Å². The van der Waals surface area contributed by atoms with Crippen molar-refractivity contribution in [3.8, 4) is 0 Å². The number of amides is 5. The SMILES string of the molecule is CC(C)C[C@H]1C(=O)N[C@H](C(=O)NCC(=O)N2CCC(O)CC2)CCCCN(C)C(=O)OCCC[C@@H]1C(=O)NO. The molecule has 0 aromatic carbocycles. The minimum atomic E-state index is -0.955. The Kier molecular flexibility index (Phi) is 13.4. The second-order valence-corrected chi connectivity index (χ2v) is 10.9. The van der Waals surface area contributed by atoms with E-state index in [0.29, 0.717) is 58.2 Å². The number of likely N-dealkylation sites (tertiary alicyclic amines) is 1. The number of hydrogen-bond donors (Lipinski definition) is 5. The van der Waals surface area contributed by atoms with Gasteiger partial charge in [-0.3, -0.25) is 24.4 Å². The fraction of sp³-hybridized carbons (Fsp3) is 0.808. The Bertz CT molecular complexity index is 846. The van der Waals surface area contributed by atoms with E-state index in [-0.39, 0.29) is 37.8 Å². The molecule has 13 heteroatoms. The highest BCUT2D eigenvalue weighted by Crippen LogP contribution is 2.26. The van der Waals surface area contributed by atoms with Crippen molar-refractivity contribution in [1.82, 2.24) is 25.9 Å². The Morgan fingerprint density at radius 3 is 2.36 bits per heavy atom. The predicted molar refractivity (Wildman–Crippen MR) is 140 cm³/mol. The van der Waals surface area contributed by atoms with Crippen LogP contribution in [0.4, 0.5) is 4.79 Å². The first kappa shape index (κ1) is 32.3. The van der Waals surface area contributed by atoms with E-state index in [1.165, 1.54) is 4.90 Å². The maximum absolute atomic E-state index is 13.5. The highest BCUT2D eigenvalue weighted by atomic mass is 16.6. The van der Waals surface area contributed by atoms with Gasteiger partial charge in [0.25, 0.3) is 0 Å². The fourth-order valence-corrected chi connectivity index (χ4v) is 4.98. The molecule has 13 nitrogen and oxygen atoms in total. The van der Waals surface area contributed by atoms with Crippen LogP contribution >= 0.6 is 0 Å². The molecule has 2 heterocycles. The molecule has 0 aromatic rings. The molecule has 0 saturated carbocycles. The van der Waals surface area contributed by atoms with E-state index in [1.807, 2.05) is 13.8 Å². The van der Waals surface area contributed by atoms with Crippen molar-refractivity contribution in [2.45, 2.75) is 77.4 Å². The van der Waals surface area contributed by atoms with E-state index >= 15 is 0 Å². The van der Waals surface area contributed by atoms with Crippen LogP contribution in [0, 0.1) is 17.8 Å². The van der Waals surface area contributed by atoms with Gasteiger partial charge in [-0.15, -0.1) is 0 Å². The lowest BCUT2D eigenvalue weighted by molar-refractivity contribution is -0.142. The highest BCUT2D eigenvalue weighted by molar-refractivity contribution is 5.92. The van der Waals surface area contributed by atoms with Crippen LogP contribution in [-0.4, -0.2) is 102 Å². The minimum Gasteiger partial charge on any atom is -0.449 e. The normalized spacial score (nSPS) is 24.7. The Hall–Kier alpha value is -2.93. The van der Waals surface area contributed by atoms with Crippen LogP contribution in [0.25, 0.3) is 0 Å². The molecule has 2 rings (SSSR count). The summed E-state index contributed by atoms with van der Waals surface area (Å²) in [6.07, 6.45) is 2.19. The van der Waals surface area contributed by atoms with Crippen LogP contribution in [0.15, 0.2) is 0 Å². The molecule has 2 aliphatic heterocycles. The van der Waals surface area contributed by atoms with Crippen molar-refractivity contribution in [2.24, 2.45) is 17.8 Å². The number of nitrogens with one attached hydrogen (secondary N) is 3. The maximum atomic E-state index is 13.5. The van der Waals surface area contributed by atoms with Crippen molar-refractivity contribution >= 4 is 29.7 Å². The Labute approximate surface area is 229 Å². The zero-order valence-corrected chi connectivity index (χ0v) is 23.3. The molecule has 0 aliphatic carbocycles. The van der Waals surface area contributed by atoms with Gasteiger partial charge < -0.3 is 30.3 Å². The first-order chi connectivity index (χ1) is 18.5. The lowest BCUT2D eigenvalue weighted by Crippen LogP contribution is -2.52. The first-order valence-corrected chi connectivity index (χ1v) is 13.9. The van der Waals surface area contributed by atoms with E-state index in [0.717, 1.165) is 0 Å². The smallest absolute Gasteiger partial charge is 0.409 e. The number of piperidine rings is 1. The molecule has 5 N–H and O–H groups in total. The van der Waals surface area contributed by atoms with Gasteiger partial charge in [0, 0.05) is 32.6 Å². The number of cyclic esters (lactones) is 1. The summed E-state index contributed by atoms with van der Waals surface area (Å²) in [5.74, 6) is -3.69. The monoisotopic (exact) mass is 555 g/mol. The third kappa shape index (κ3) is 10.6. The molecule has 2 aliphatic rings. The van der Waals surface area contributed by atoms with Gasteiger partial charge >= 0.3 is 6.09 Å². The average molecular weight is 556 g/mol. The number of nitrogens with zero attached hydrogens (tertiary/aromatic N) is 2. The molecule has 0 bridgehead atoms. The van der Waals surface area contributed by atoms with Gasteiger partial charge in [0.2, 0.25) is 23.6 Å². The maximum Gasteiger partial charge on any atom is 0.409 e. The van der Waals surface area contributed by atoms with Crippen molar-refractivity contribution < 1.29 is 39.0 Å². The molecule has 0 radical (unpaired) electrons. The number of carbonyl (C=O) groups excluding carboxylic acids is 5. The summed E-state index contributed by atoms with van der Waals surface area (Å²) in [5, 5.41) is 24.4. The zero-order chi connectivity index (χ0) is 28.9. The standard InChI is InChI=1S/C26H45N5O8/c1-17(2)15-20-19(24(35)29-38)7-6-14-39-26(37)30(3)11-5-4-8-21(28-23(20)34)25(36)27-16-22(33)31-12-9-18(32)10-13-31/h17-21,32,38H,4-16H2,1-3H3,(H,27,36)(H,28,34)(H,29,35)/t19-,20+,21-/m0/s1. The molecule has 3 atom stereocenters. The summed E-state index contributed by atoms with van der Waals surface area (Å²) in [5.41, 5.74) is 1.65. The van der Waals surface area contributed by atoms with Crippen molar-refractivity contribution in [2.75, 3.05) is 39.8 Å². The summed E-state index contributed by atoms with van der Waals surface area (Å²) in [7, 11) is 1.61. The lowest BCUT2D eigenvalue weighted by Gasteiger charge is -2.30. The first-order valence-electron chi connectivity index (χ1n) is 13.9. The van der Waals surface area contributed by atoms with Crippen molar-refractivity contribution in [3.63, 3.8) is 0 Å². The van der Waals surface area contributed by atoms with Crippen LogP contribution in [0.1, 0.15) is 65.2 Å². The number of ether oxygens (including phenoxy) is 1. The summed E-state index contributed by atoms with van der Waals surface area (Å²) >= 11 is 0. The largest absolute Gasteiger partial charge is 0.449 e. The molecule has 39 heavy (non-hydrogen) atoms. The Morgan fingerprint density at radius 2 is 1.72 bits per heavy atom. The van der Waals surface area contributed by atoms with Gasteiger partial charge in [-0.05, 0) is 57.3 Å². The quantitative estimate of drug-likeness (QED) is 0.231. The van der Waals surface area contributed by atoms with Gasteiger partial charge in [-0.25, -0.2) is 10.3 Å². The summed E-state index contributed by atoms with van der Waals surface area (Å²) in [6, 6.07) is -0.955. The average Bonchev–Trinajstić information content (AvgIpc) is 2.91. The third-order valence-electron chi connectivity index (χ3n) is 7.29. The van der Waals surface area contributed by atoms with Crippen LogP contribution in [-0.2, 0) is 23.9 Å². The molecule has 2 fully saturated rings. The summed E-state index contributed by atoms with van der Waals surface area (Å²) < 4.78 is 5.28. The van der Waals surface area contributed by atoms with Gasteiger partial charge in [-0.1, -0.05) is 13.8 Å². The minimum absolute atomic E-state index is 0.0382. The Morgan fingerprint density at radius 1 is 1.03 bits per heavy atom.